The van der Waals surface area contributed by atoms with E-state index in [1.54, 1.807) is 0 Å². The summed E-state index contributed by atoms with van der Waals surface area (Å²) in [5.74, 6) is 0.956. The van der Waals surface area contributed by atoms with E-state index in [2.05, 4.69) is 11.8 Å². The molecule has 148 valence electrons. The molecule has 2 fully saturated rings. The summed E-state index contributed by atoms with van der Waals surface area (Å²) in [6, 6.07) is 6.33. The maximum atomic E-state index is 13.3. The van der Waals surface area contributed by atoms with Gasteiger partial charge >= 0.3 is 0 Å². The molecule has 0 spiro atoms. The van der Waals surface area contributed by atoms with E-state index in [-0.39, 0.29) is 5.91 Å². The summed E-state index contributed by atoms with van der Waals surface area (Å²) in [7, 11) is -3.26. The average molecular weight is 391 g/mol. The van der Waals surface area contributed by atoms with Crippen molar-refractivity contribution in [3.8, 4) is 0 Å². The number of carbonyl (C=O) groups is 1. The van der Waals surface area contributed by atoms with E-state index in [0.29, 0.717) is 30.6 Å². The van der Waals surface area contributed by atoms with Gasteiger partial charge in [-0.1, -0.05) is 13.3 Å². The third kappa shape index (κ3) is 3.73. The summed E-state index contributed by atoms with van der Waals surface area (Å²) >= 11 is 0. The number of hydrogen-bond acceptors (Lipinski definition) is 3. The molecule has 1 amide bonds. The molecular formula is C21H30N2O3S. The summed E-state index contributed by atoms with van der Waals surface area (Å²) in [5, 5.41) is 0. The van der Waals surface area contributed by atoms with Crippen LogP contribution in [-0.4, -0.2) is 44.1 Å². The Kier molecular flexibility index (Phi) is 4.95. The second-order valence-electron chi connectivity index (χ2n) is 8.46. The van der Waals surface area contributed by atoms with Crippen LogP contribution in [0.25, 0.3) is 0 Å². The lowest BCUT2D eigenvalue weighted by atomic mass is 9.83. The molecule has 1 aromatic rings. The standard InChI is InChI=1S/C21H30N2O3S/c1-3-15-4-7-18(8-5-15)23(19-9-10-19)21(24)17-6-11-20-16(14-17)12-13-22(20)27(2,25)26/h6,11,14-15,18-19H,3-5,7-10,12-13H2,1-2H3. The molecular weight excluding hydrogens is 360 g/mol. The molecule has 6 heteroatoms. The average Bonchev–Trinajstić information content (AvgIpc) is 3.38. The molecule has 3 aliphatic rings. The van der Waals surface area contributed by atoms with Crippen molar-refractivity contribution >= 4 is 21.6 Å². The van der Waals surface area contributed by atoms with Gasteiger partial charge in [-0.3, -0.25) is 9.10 Å². The number of sulfonamides is 1. The van der Waals surface area contributed by atoms with Crippen molar-refractivity contribution in [2.45, 2.75) is 70.4 Å². The second-order valence-corrected chi connectivity index (χ2v) is 10.4. The lowest BCUT2D eigenvalue weighted by molar-refractivity contribution is 0.0587. The quantitative estimate of drug-likeness (QED) is 0.772. The van der Waals surface area contributed by atoms with Crippen molar-refractivity contribution in [2.75, 3.05) is 17.1 Å². The molecule has 1 heterocycles. The smallest absolute Gasteiger partial charge is 0.254 e. The number of fused-ring (bicyclic) bond motifs is 1. The number of carbonyl (C=O) groups excluding carboxylic acids is 1. The molecule has 2 saturated carbocycles. The molecule has 0 saturated heterocycles. The molecule has 1 aliphatic heterocycles. The highest BCUT2D eigenvalue weighted by molar-refractivity contribution is 7.92. The summed E-state index contributed by atoms with van der Waals surface area (Å²) < 4.78 is 25.3. The molecule has 27 heavy (non-hydrogen) atoms. The van der Waals surface area contributed by atoms with Gasteiger partial charge in [0.25, 0.3) is 5.91 Å². The van der Waals surface area contributed by atoms with Crippen LogP contribution < -0.4 is 4.31 Å². The molecule has 0 atom stereocenters. The molecule has 0 bridgehead atoms. The van der Waals surface area contributed by atoms with Crippen molar-refractivity contribution in [3.63, 3.8) is 0 Å². The van der Waals surface area contributed by atoms with E-state index in [0.717, 1.165) is 42.9 Å². The van der Waals surface area contributed by atoms with Gasteiger partial charge in [0, 0.05) is 24.2 Å². The Morgan fingerprint density at radius 2 is 1.74 bits per heavy atom. The van der Waals surface area contributed by atoms with Gasteiger partial charge in [0.05, 0.1) is 11.9 Å². The van der Waals surface area contributed by atoms with Gasteiger partial charge in [-0.05, 0) is 74.6 Å². The van der Waals surface area contributed by atoms with Crippen LogP contribution in [0.3, 0.4) is 0 Å². The zero-order valence-electron chi connectivity index (χ0n) is 16.4. The number of amides is 1. The molecule has 4 rings (SSSR count). The summed E-state index contributed by atoms with van der Waals surface area (Å²) in [6.07, 6.45) is 10.1. The lowest BCUT2D eigenvalue weighted by Crippen LogP contribution is -2.43. The fourth-order valence-electron chi connectivity index (χ4n) is 4.81. The summed E-state index contributed by atoms with van der Waals surface area (Å²) in [6.45, 7) is 2.73. The fourth-order valence-corrected chi connectivity index (χ4v) is 5.77. The lowest BCUT2D eigenvalue weighted by Gasteiger charge is -2.37. The highest BCUT2D eigenvalue weighted by Crippen LogP contribution is 2.38. The van der Waals surface area contributed by atoms with Gasteiger partial charge in [-0.2, -0.15) is 0 Å². The van der Waals surface area contributed by atoms with E-state index in [1.807, 2.05) is 18.2 Å². The van der Waals surface area contributed by atoms with Gasteiger partial charge in [0.1, 0.15) is 0 Å². The summed E-state index contributed by atoms with van der Waals surface area (Å²) in [5.41, 5.74) is 2.42. The minimum atomic E-state index is -3.26. The summed E-state index contributed by atoms with van der Waals surface area (Å²) in [4.78, 5) is 15.5. The molecule has 0 unspecified atom stereocenters. The predicted octanol–water partition coefficient (Wildman–Crippen LogP) is 3.58. The monoisotopic (exact) mass is 390 g/mol. The first-order chi connectivity index (χ1) is 12.9. The third-order valence-corrected chi connectivity index (χ3v) is 7.72. The number of hydrogen-bond donors (Lipinski definition) is 0. The number of benzene rings is 1. The van der Waals surface area contributed by atoms with Crippen molar-refractivity contribution in [3.05, 3.63) is 29.3 Å². The van der Waals surface area contributed by atoms with Crippen LogP contribution in [0.5, 0.6) is 0 Å². The Hall–Kier alpha value is -1.56. The van der Waals surface area contributed by atoms with E-state index in [1.165, 1.54) is 29.8 Å². The minimum Gasteiger partial charge on any atom is -0.333 e. The SMILES string of the molecule is CCC1CCC(N(C(=O)c2ccc3c(c2)CCN3S(C)(=O)=O)C2CC2)CC1. The highest BCUT2D eigenvalue weighted by Gasteiger charge is 2.39. The van der Waals surface area contributed by atoms with Crippen molar-refractivity contribution in [2.24, 2.45) is 5.92 Å². The van der Waals surface area contributed by atoms with Crippen LogP contribution in [0.15, 0.2) is 18.2 Å². The first-order valence-electron chi connectivity index (χ1n) is 10.3. The van der Waals surface area contributed by atoms with Crippen molar-refractivity contribution < 1.29 is 13.2 Å². The molecule has 5 nitrogen and oxygen atoms in total. The van der Waals surface area contributed by atoms with Gasteiger partial charge in [-0.25, -0.2) is 8.42 Å². The first-order valence-corrected chi connectivity index (χ1v) is 12.2. The van der Waals surface area contributed by atoms with Crippen LogP contribution >= 0.6 is 0 Å². The van der Waals surface area contributed by atoms with Crippen molar-refractivity contribution in [1.82, 2.24) is 4.90 Å². The molecule has 0 aromatic heterocycles. The van der Waals surface area contributed by atoms with E-state index in [4.69, 9.17) is 0 Å². The highest BCUT2D eigenvalue weighted by atomic mass is 32.2. The van der Waals surface area contributed by atoms with Gasteiger partial charge < -0.3 is 4.90 Å². The molecule has 0 radical (unpaired) electrons. The van der Waals surface area contributed by atoms with Crippen LogP contribution in [0.4, 0.5) is 5.69 Å². The van der Waals surface area contributed by atoms with Gasteiger partial charge in [0.15, 0.2) is 0 Å². The van der Waals surface area contributed by atoms with Crippen LogP contribution in [-0.2, 0) is 16.4 Å². The van der Waals surface area contributed by atoms with E-state index >= 15 is 0 Å². The maximum Gasteiger partial charge on any atom is 0.254 e. The van der Waals surface area contributed by atoms with E-state index in [9.17, 15) is 13.2 Å². The normalized spacial score (nSPS) is 25.3. The first kappa shape index (κ1) is 18.8. The topological polar surface area (TPSA) is 57.7 Å². The Labute approximate surface area is 162 Å². The molecule has 1 aromatic carbocycles. The van der Waals surface area contributed by atoms with Gasteiger partial charge in [-0.15, -0.1) is 0 Å². The molecule has 0 N–H and O–H groups in total. The second kappa shape index (κ2) is 7.12. The van der Waals surface area contributed by atoms with Crippen LogP contribution in [0.1, 0.15) is 67.8 Å². The van der Waals surface area contributed by atoms with Crippen LogP contribution in [0, 0.1) is 5.92 Å². The number of nitrogens with zero attached hydrogens (tertiary/aromatic N) is 2. The Bertz CT molecular complexity index is 824. The van der Waals surface area contributed by atoms with E-state index < -0.39 is 10.0 Å². The number of anilines is 1. The zero-order chi connectivity index (χ0) is 19.2. The Morgan fingerprint density at radius 3 is 2.30 bits per heavy atom. The largest absolute Gasteiger partial charge is 0.333 e. The van der Waals surface area contributed by atoms with Crippen molar-refractivity contribution in [1.29, 1.82) is 0 Å². The maximum absolute atomic E-state index is 13.3. The predicted molar refractivity (Wildman–Crippen MR) is 108 cm³/mol. The third-order valence-electron chi connectivity index (χ3n) is 6.54. The molecule has 2 aliphatic carbocycles. The minimum absolute atomic E-state index is 0.137. The van der Waals surface area contributed by atoms with Crippen LogP contribution in [0.2, 0.25) is 0 Å². The Morgan fingerprint density at radius 1 is 1.11 bits per heavy atom. The zero-order valence-corrected chi connectivity index (χ0v) is 17.2. The Balaban J connectivity index is 1.55. The fraction of sp³-hybridized carbons (Fsp3) is 0.667. The number of rotatable bonds is 5. The van der Waals surface area contributed by atoms with Gasteiger partial charge in [0.2, 0.25) is 10.0 Å².